The van der Waals surface area contributed by atoms with Crippen LogP contribution in [0.1, 0.15) is 18.5 Å². The highest BCUT2D eigenvalue weighted by atomic mass is 32.1. The lowest BCUT2D eigenvalue weighted by molar-refractivity contribution is 0.949. The van der Waals surface area contributed by atoms with Crippen LogP contribution in [0.15, 0.2) is 29.6 Å². The Balaban J connectivity index is 1.74. The summed E-state index contributed by atoms with van der Waals surface area (Å²) in [6.45, 7) is 3.06. The van der Waals surface area contributed by atoms with Crippen molar-refractivity contribution in [2.24, 2.45) is 0 Å². The Morgan fingerprint density at radius 2 is 2.06 bits per heavy atom. The fraction of sp³-hybridized carbons (Fsp3) is 0.385. The SMILES string of the molecule is c1ccc(N2CCCC2)c(NCc2csnn2)c1. The van der Waals surface area contributed by atoms with Crippen molar-refractivity contribution >= 4 is 22.9 Å². The molecule has 1 aliphatic rings. The molecule has 0 saturated carbocycles. The van der Waals surface area contributed by atoms with Crippen molar-refractivity contribution < 1.29 is 0 Å². The van der Waals surface area contributed by atoms with Gasteiger partial charge >= 0.3 is 0 Å². The smallest absolute Gasteiger partial charge is 0.0946 e. The molecule has 0 atom stereocenters. The molecule has 1 aromatic heterocycles. The van der Waals surface area contributed by atoms with Gasteiger partial charge in [0.15, 0.2) is 0 Å². The molecule has 0 radical (unpaired) electrons. The highest BCUT2D eigenvalue weighted by Crippen LogP contribution is 2.28. The fourth-order valence-corrected chi connectivity index (χ4v) is 2.76. The van der Waals surface area contributed by atoms with Crippen LogP contribution in [0.3, 0.4) is 0 Å². The Labute approximate surface area is 111 Å². The van der Waals surface area contributed by atoms with Crippen LogP contribution >= 0.6 is 11.5 Å². The number of hydrogen-bond donors (Lipinski definition) is 1. The summed E-state index contributed by atoms with van der Waals surface area (Å²) in [7, 11) is 0. The molecule has 94 valence electrons. The summed E-state index contributed by atoms with van der Waals surface area (Å²) in [5.41, 5.74) is 3.49. The zero-order valence-electron chi connectivity index (χ0n) is 10.2. The first-order valence-electron chi connectivity index (χ1n) is 6.27. The minimum absolute atomic E-state index is 0.737. The third-order valence-electron chi connectivity index (χ3n) is 3.22. The number of hydrogen-bond acceptors (Lipinski definition) is 5. The van der Waals surface area contributed by atoms with Gasteiger partial charge < -0.3 is 10.2 Å². The number of aromatic nitrogens is 2. The van der Waals surface area contributed by atoms with E-state index in [1.54, 1.807) is 0 Å². The highest BCUT2D eigenvalue weighted by Gasteiger charge is 2.15. The van der Waals surface area contributed by atoms with E-state index in [9.17, 15) is 0 Å². The van der Waals surface area contributed by atoms with E-state index in [0.29, 0.717) is 0 Å². The Morgan fingerprint density at radius 1 is 1.22 bits per heavy atom. The third-order valence-corrected chi connectivity index (χ3v) is 3.77. The van der Waals surface area contributed by atoms with Gasteiger partial charge in [-0.05, 0) is 36.5 Å². The van der Waals surface area contributed by atoms with E-state index in [0.717, 1.165) is 25.3 Å². The molecular weight excluding hydrogens is 244 g/mol. The zero-order valence-corrected chi connectivity index (χ0v) is 11.0. The lowest BCUT2D eigenvalue weighted by atomic mass is 10.2. The minimum atomic E-state index is 0.737. The molecule has 0 amide bonds. The van der Waals surface area contributed by atoms with Crippen LogP contribution in [0, 0.1) is 0 Å². The number of para-hydroxylation sites is 2. The van der Waals surface area contributed by atoms with Crippen molar-refractivity contribution in [1.82, 2.24) is 9.59 Å². The summed E-state index contributed by atoms with van der Waals surface area (Å²) in [4.78, 5) is 2.45. The van der Waals surface area contributed by atoms with E-state index in [-0.39, 0.29) is 0 Å². The van der Waals surface area contributed by atoms with Gasteiger partial charge in [0.25, 0.3) is 0 Å². The van der Waals surface area contributed by atoms with Crippen molar-refractivity contribution in [2.45, 2.75) is 19.4 Å². The first-order valence-corrected chi connectivity index (χ1v) is 7.11. The second-order valence-electron chi connectivity index (χ2n) is 4.46. The van der Waals surface area contributed by atoms with Gasteiger partial charge in [0, 0.05) is 18.5 Å². The maximum Gasteiger partial charge on any atom is 0.0946 e. The quantitative estimate of drug-likeness (QED) is 0.917. The van der Waals surface area contributed by atoms with Crippen LogP contribution < -0.4 is 10.2 Å². The number of rotatable bonds is 4. The molecule has 1 saturated heterocycles. The van der Waals surface area contributed by atoms with Gasteiger partial charge in [-0.3, -0.25) is 0 Å². The van der Waals surface area contributed by atoms with Gasteiger partial charge in [-0.25, -0.2) is 0 Å². The van der Waals surface area contributed by atoms with Gasteiger partial charge in [-0.15, -0.1) is 5.10 Å². The number of nitrogens with one attached hydrogen (secondary N) is 1. The monoisotopic (exact) mass is 260 g/mol. The third kappa shape index (κ3) is 2.46. The molecule has 1 aliphatic heterocycles. The number of benzene rings is 1. The second kappa shape index (κ2) is 5.35. The summed E-state index contributed by atoms with van der Waals surface area (Å²) >= 11 is 1.39. The van der Waals surface area contributed by atoms with E-state index in [2.05, 4.69) is 44.1 Å². The second-order valence-corrected chi connectivity index (χ2v) is 5.07. The molecule has 1 aromatic carbocycles. The van der Waals surface area contributed by atoms with Gasteiger partial charge in [0.05, 0.1) is 23.6 Å². The van der Waals surface area contributed by atoms with Crippen LogP contribution in [-0.4, -0.2) is 22.7 Å². The summed E-state index contributed by atoms with van der Waals surface area (Å²) in [5, 5.41) is 9.48. The molecule has 0 unspecified atom stereocenters. The normalized spacial score (nSPS) is 15.0. The van der Waals surface area contributed by atoms with Crippen molar-refractivity contribution in [3.63, 3.8) is 0 Å². The number of nitrogens with zero attached hydrogens (tertiary/aromatic N) is 3. The van der Waals surface area contributed by atoms with Gasteiger partial charge in [-0.1, -0.05) is 16.6 Å². The van der Waals surface area contributed by atoms with E-state index in [1.165, 1.54) is 35.7 Å². The summed E-state index contributed by atoms with van der Waals surface area (Å²) < 4.78 is 3.88. The molecule has 1 fully saturated rings. The standard InChI is InChI=1S/C13H16N4S/c1-2-6-13(17-7-3-4-8-17)12(5-1)14-9-11-10-18-16-15-11/h1-2,5-6,10,14H,3-4,7-9H2. The summed E-state index contributed by atoms with van der Waals surface area (Å²) in [6, 6.07) is 8.49. The van der Waals surface area contributed by atoms with Gasteiger partial charge in [0.1, 0.15) is 0 Å². The molecule has 2 aromatic rings. The maximum absolute atomic E-state index is 4.05. The molecule has 2 heterocycles. The van der Waals surface area contributed by atoms with E-state index >= 15 is 0 Å². The molecule has 4 nitrogen and oxygen atoms in total. The molecule has 0 spiro atoms. The van der Waals surface area contributed by atoms with Gasteiger partial charge in [-0.2, -0.15) is 0 Å². The predicted molar refractivity (Wildman–Crippen MR) is 75.1 cm³/mol. The average Bonchev–Trinajstić information content (AvgIpc) is 3.10. The van der Waals surface area contributed by atoms with Crippen molar-refractivity contribution in [2.75, 3.05) is 23.3 Å². The Kier molecular flexibility index (Phi) is 3.41. The molecule has 3 rings (SSSR count). The molecule has 5 heteroatoms. The van der Waals surface area contributed by atoms with E-state index < -0.39 is 0 Å². The Hall–Kier alpha value is -1.62. The number of anilines is 2. The Bertz CT molecular complexity index is 491. The van der Waals surface area contributed by atoms with Crippen LogP contribution in [0.25, 0.3) is 0 Å². The van der Waals surface area contributed by atoms with Crippen molar-refractivity contribution in [3.8, 4) is 0 Å². The highest BCUT2D eigenvalue weighted by molar-refractivity contribution is 7.03. The van der Waals surface area contributed by atoms with E-state index in [4.69, 9.17) is 0 Å². The molecule has 0 aliphatic carbocycles. The fourth-order valence-electron chi connectivity index (χ4n) is 2.30. The zero-order chi connectivity index (χ0) is 12.2. The first kappa shape index (κ1) is 11.5. The largest absolute Gasteiger partial charge is 0.378 e. The molecule has 18 heavy (non-hydrogen) atoms. The average molecular weight is 260 g/mol. The predicted octanol–water partition coefficient (Wildman–Crippen LogP) is 2.75. The minimum Gasteiger partial charge on any atom is -0.378 e. The van der Waals surface area contributed by atoms with Crippen molar-refractivity contribution in [3.05, 3.63) is 35.3 Å². The van der Waals surface area contributed by atoms with Crippen molar-refractivity contribution in [1.29, 1.82) is 0 Å². The van der Waals surface area contributed by atoms with Crippen LogP contribution in [0.4, 0.5) is 11.4 Å². The van der Waals surface area contributed by atoms with Crippen LogP contribution in [-0.2, 0) is 6.54 Å². The molecule has 0 bridgehead atoms. The first-order chi connectivity index (χ1) is 8.93. The van der Waals surface area contributed by atoms with Crippen LogP contribution in [0.5, 0.6) is 0 Å². The maximum atomic E-state index is 4.05. The van der Waals surface area contributed by atoms with Crippen LogP contribution in [0.2, 0.25) is 0 Å². The van der Waals surface area contributed by atoms with E-state index in [1.807, 2.05) is 5.38 Å². The molecule has 1 N–H and O–H groups in total. The molecular formula is C13H16N4S. The van der Waals surface area contributed by atoms with Gasteiger partial charge in [0.2, 0.25) is 0 Å². The Morgan fingerprint density at radius 3 is 2.83 bits per heavy atom. The lowest BCUT2D eigenvalue weighted by Crippen LogP contribution is -2.19. The topological polar surface area (TPSA) is 41.0 Å². The summed E-state index contributed by atoms with van der Waals surface area (Å²) in [5.74, 6) is 0. The summed E-state index contributed by atoms with van der Waals surface area (Å²) in [6.07, 6.45) is 2.59. The lowest BCUT2D eigenvalue weighted by Gasteiger charge is -2.21.